The maximum Gasteiger partial charge on any atom is 0.322 e. The largest absolute Gasteiger partial charge is 0.378 e. The summed E-state index contributed by atoms with van der Waals surface area (Å²) in [5, 5.41) is 6.18. The van der Waals surface area contributed by atoms with E-state index >= 15 is 0 Å². The lowest BCUT2D eigenvalue weighted by molar-refractivity contribution is 0.0564. The number of para-hydroxylation sites is 1. The summed E-state index contributed by atoms with van der Waals surface area (Å²) < 4.78 is 5.25. The Labute approximate surface area is 113 Å². The molecule has 5 nitrogen and oxygen atoms in total. The minimum absolute atomic E-state index is 0.0564. The van der Waals surface area contributed by atoms with E-state index in [1.54, 1.807) is 4.90 Å². The molecule has 5 heteroatoms. The number of carbonyl (C=O) groups excluding carboxylic acids is 1. The fourth-order valence-corrected chi connectivity index (χ4v) is 2.10. The smallest absolute Gasteiger partial charge is 0.322 e. The summed E-state index contributed by atoms with van der Waals surface area (Å²) in [7, 11) is 1.91. The van der Waals surface area contributed by atoms with Crippen molar-refractivity contribution in [3.63, 3.8) is 0 Å². The minimum atomic E-state index is -0.0564. The first-order valence-corrected chi connectivity index (χ1v) is 6.62. The van der Waals surface area contributed by atoms with E-state index in [0.29, 0.717) is 26.3 Å². The Balaban J connectivity index is 2.07. The quantitative estimate of drug-likeness (QED) is 0.875. The average molecular weight is 263 g/mol. The molecule has 0 saturated carbocycles. The molecule has 1 saturated heterocycles. The van der Waals surface area contributed by atoms with Crippen LogP contribution in [0, 0.1) is 0 Å². The number of carbonyl (C=O) groups is 1. The minimum Gasteiger partial charge on any atom is -0.378 e. The molecule has 2 amide bonds. The summed E-state index contributed by atoms with van der Waals surface area (Å²) in [6, 6.07) is 8.01. The maximum absolute atomic E-state index is 12.2. The Hall–Kier alpha value is -1.59. The molecule has 1 heterocycles. The normalized spacial score (nSPS) is 17.1. The van der Waals surface area contributed by atoms with Crippen LogP contribution in [0.5, 0.6) is 0 Å². The zero-order valence-corrected chi connectivity index (χ0v) is 11.5. The van der Waals surface area contributed by atoms with Crippen LogP contribution in [0.3, 0.4) is 0 Å². The highest BCUT2D eigenvalue weighted by molar-refractivity contribution is 5.90. The number of morpholine rings is 1. The lowest BCUT2D eigenvalue weighted by atomic mass is 10.1. The van der Waals surface area contributed by atoms with Gasteiger partial charge in [-0.3, -0.25) is 0 Å². The van der Waals surface area contributed by atoms with Crippen molar-refractivity contribution in [3.05, 3.63) is 29.8 Å². The number of urea groups is 1. The Morgan fingerprint density at radius 1 is 1.32 bits per heavy atom. The van der Waals surface area contributed by atoms with Gasteiger partial charge in [-0.25, -0.2) is 4.79 Å². The summed E-state index contributed by atoms with van der Waals surface area (Å²) in [5.74, 6) is 0. The number of nitrogens with one attached hydrogen (secondary N) is 2. The van der Waals surface area contributed by atoms with Crippen molar-refractivity contribution in [3.8, 4) is 0 Å². The molecule has 2 N–H and O–H groups in total. The van der Waals surface area contributed by atoms with E-state index in [-0.39, 0.29) is 12.1 Å². The van der Waals surface area contributed by atoms with Crippen LogP contribution in [0.2, 0.25) is 0 Å². The molecule has 2 rings (SSSR count). The second-order valence-electron chi connectivity index (χ2n) is 4.63. The second-order valence-corrected chi connectivity index (χ2v) is 4.63. The van der Waals surface area contributed by atoms with Crippen LogP contribution in [0.1, 0.15) is 18.5 Å². The predicted octanol–water partition coefficient (Wildman–Crippen LogP) is 1.83. The van der Waals surface area contributed by atoms with Crippen LogP contribution < -0.4 is 10.6 Å². The fourth-order valence-electron chi connectivity index (χ4n) is 2.10. The zero-order chi connectivity index (χ0) is 13.7. The summed E-state index contributed by atoms with van der Waals surface area (Å²) in [5.41, 5.74) is 1.95. The monoisotopic (exact) mass is 263 g/mol. The Kier molecular flexibility index (Phi) is 4.76. The third-order valence-electron chi connectivity index (χ3n) is 3.40. The molecular weight excluding hydrogens is 242 g/mol. The third-order valence-corrected chi connectivity index (χ3v) is 3.40. The third kappa shape index (κ3) is 3.45. The first-order valence-electron chi connectivity index (χ1n) is 6.62. The van der Waals surface area contributed by atoms with Crippen molar-refractivity contribution in [2.75, 3.05) is 38.7 Å². The van der Waals surface area contributed by atoms with Gasteiger partial charge >= 0.3 is 6.03 Å². The van der Waals surface area contributed by atoms with Gasteiger partial charge < -0.3 is 20.3 Å². The van der Waals surface area contributed by atoms with Crippen LogP contribution in [0.25, 0.3) is 0 Å². The van der Waals surface area contributed by atoms with Gasteiger partial charge in [0.1, 0.15) is 0 Å². The average Bonchev–Trinajstić information content (AvgIpc) is 2.48. The second kappa shape index (κ2) is 6.54. The molecule has 1 fully saturated rings. The predicted molar refractivity (Wildman–Crippen MR) is 75.3 cm³/mol. The molecule has 0 bridgehead atoms. The number of benzene rings is 1. The molecule has 0 radical (unpaired) electrons. The molecule has 0 spiro atoms. The van der Waals surface area contributed by atoms with Crippen LogP contribution >= 0.6 is 0 Å². The van der Waals surface area contributed by atoms with Crippen molar-refractivity contribution in [2.24, 2.45) is 0 Å². The summed E-state index contributed by atoms with van der Waals surface area (Å²) in [4.78, 5) is 14.0. The SMILES string of the molecule is CNC(C)c1ccccc1NC(=O)N1CCOCC1. The van der Waals surface area contributed by atoms with Gasteiger partial charge in [-0.15, -0.1) is 0 Å². The molecule has 104 valence electrons. The highest BCUT2D eigenvalue weighted by Crippen LogP contribution is 2.22. The first-order chi connectivity index (χ1) is 9.22. The van der Waals surface area contributed by atoms with Crippen LogP contribution in [0.15, 0.2) is 24.3 Å². The number of amides is 2. The summed E-state index contributed by atoms with van der Waals surface area (Å²) in [6.07, 6.45) is 0. The van der Waals surface area contributed by atoms with Gasteiger partial charge in [0.2, 0.25) is 0 Å². The molecule has 1 atom stereocenters. The standard InChI is InChI=1S/C14H21N3O2/c1-11(15-2)12-5-3-4-6-13(12)16-14(18)17-7-9-19-10-8-17/h3-6,11,15H,7-10H2,1-2H3,(H,16,18). The molecule has 1 aliphatic heterocycles. The van der Waals surface area contributed by atoms with Crippen LogP contribution in [-0.4, -0.2) is 44.3 Å². The maximum atomic E-state index is 12.2. The number of nitrogens with zero attached hydrogens (tertiary/aromatic N) is 1. The van der Waals surface area contributed by atoms with Crippen molar-refractivity contribution in [1.82, 2.24) is 10.2 Å². The van der Waals surface area contributed by atoms with Crippen LogP contribution in [0.4, 0.5) is 10.5 Å². The van der Waals surface area contributed by atoms with Crippen LogP contribution in [-0.2, 0) is 4.74 Å². The van der Waals surface area contributed by atoms with Crippen molar-refractivity contribution < 1.29 is 9.53 Å². The molecule has 19 heavy (non-hydrogen) atoms. The highest BCUT2D eigenvalue weighted by atomic mass is 16.5. The number of rotatable bonds is 3. The van der Waals surface area contributed by atoms with E-state index in [4.69, 9.17) is 4.74 Å². The van der Waals surface area contributed by atoms with Gasteiger partial charge in [-0.1, -0.05) is 18.2 Å². The Bertz CT molecular complexity index is 430. The number of hydrogen-bond donors (Lipinski definition) is 2. The Morgan fingerprint density at radius 2 is 2.00 bits per heavy atom. The van der Waals surface area contributed by atoms with Gasteiger partial charge in [0, 0.05) is 24.8 Å². The molecule has 1 aromatic carbocycles. The van der Waals surface area contributed by atoms with Gasteiger partial charge in [0.15, 0.2) is 0 Å². The number of anilines is 1. The fraction of sp³-hybridized carbons (Fsp3) is 0.500. The molecule has 1 unspecified atom stereocenters. The number of ether oxygens (including phenoxy) is 1. The van der Waals surface area contributed by atoms with E-state index in [1.165, 1.54) is 0 Å². The Morgan fingerprint density at radius 3 is 2.68 bits per heavy atom. The molecule has 1 aromatic rings. The zero-order valence-electron chi connectivity index (χ0n) is 11.5. The molecule has 0 aliphatic carbocycles. The summed E-state index contributed by atoms with van der Waals surface area (Å²) in [6.45, 7) is 4.59. The number of hydrogen-bond acceptors (Lipinski definition) is 3. The van der Waals surface area contributed by atoms with Crippen molar-refractivity contribution >= 4 is 11.7 Å². The van der Waals surface area contributed by atoms with E-state index in [9.17, 15) is 4.79 Å². The van der Waals surface area contributed by atoms with E-state index in [2.05, 4.69) is 17.6 Å². The van der Waals surface area contributed by atoms with Crippen molar-refractivity contribution in [2.45, 2.75) is 13.0 Å². The molecule has 0 aromatic heterocycles. The van der Waals surface area contributed by atoms with E-state index in [1.807, 2.05) is 31.3 Å². The molecule has 1 aliphatic rings. The highest BCUT2D eigenvalue weighted by Gasteiger charge is 2.18. The topological polar surface area (TPSA) is 53.6 Å². The lowest BCUT2D eigenvalue weighted by Gasteiger charge is -2.27. The van der Waals surface area contributed by atoms with E-state index < -0.39 is 0 Å². The van der Waals surface area contributed by atoms with Gasteiger partial charge in [0.25, 0.3) is 0 Å². The van der Waals surface area contributed by atoms with Crippen molar-refractivity contribution in [1.29, 1.82) is 0 Å². The molecular formula is C14H21N3O2. The lowest BCUT2D eigenvalue weighted by Crippen LogP contribution is -2.43. The summed E-state index contributed by atoms with van der Waals surface area (Å²) >= 11 is 0. The van der Waals surface area contributed by atoms with Gasteiger partial charge in [0.05, 0.1) is 13.2 Å². The van der Waals surface area contributed by atoms with E-state index in [0.717, 1.165) is 11.3 Å². The van der Waals surface area contributed by atoms with Gasteiger partial charge in [-0.2, -0.15) is 0 Å². The van der Waals surface area contributed by atoms with Gasteiger partial charge in [-0.05, 0) is 25.6 Å². The first kappa shape index (κ1) is 13.8.